The molecule has 1 saturated heterocycles. The average Bonchev–Trinajstić information content (AvgIpc) is 2.30. The van der Waals surface area contributed by atoms with Gasteiger partial charge in [-0.1, -0.05) is 6.07 Å². The zero-order chi connectivity index (χ0) is 11.4. The van der Waals surface area contributed by atoms with Crippen molar-refractivity contribution >= 4 is 11.8 Å². The van der Waals surface area contributed by atoms with Crippen LogP contribution in [0.1, 0.15) is 25.0 Å². The molecule has 1 aromatic heterocycles. The summed E-state index contributed by atoms with van der Waals surface area (Å²) in [6, 6.07) is 5.59. The second kappa shape index (κ2) is 4.96. The van der Waals surface area contributed by atoms with Crippen molar-refractivity contribution in [1.29, 1.82) is 0 Å². The Balaban J connectivity index is 1.96. The summed E-state index contributed by atoms with van der Waals surface area (Å²) in [6.45, 7) is 3.63. The molecule has 1 aliphatic rings. The van der Waals surface area contributed by atoms with E-state index in [-0.39, 0.29) is 6.03 Å². The molecule has 0 aliphatic carbocycles. The van der Waals surface area contributed by atoms with E-state index in [0.717, 1.165) is 31.6 Å². The van der Waals surface area contributed by atoms with Gasteiger partial charge in [0.15, 0.2) is 0 Å². The van der Waals surface area contributed by atoms with Crippen LogP contribution in [0.15, 0.2) is 18.2 Å². The topological polar surface area (TPSA) is 45.2 Å². The van der Waals surface area contributed by atoms with Crippen molar-refractivity contribution in [3.8, 4) is 0 Å². The summed E-state index contributed by atoms with van der Waals surface area (Å²) in [5.41, 5.74) is 0.913. The van der Waals surface area contributed by atoms with E-state index in [0.29, 0.717) is 5.82 Å². The van der Waals surface area contributed by atoms with E-state index in [1.54, 1.807) is 0 Å². The van der Waals surface area contributed by atoms with Gasteiger partial charge < -0.3 is 4.90 Å². The Morgan fingerprint density at radius 1 is 1.31 bits per heavy atom. The lowest BCUT2D eigenvalue weighted by Crippen LogP contribution is -2.38. The number of nitrogens with one attached hydrogen (secondary N) is 1. The van der Waals surface area contributed by atoms with Gasteiger partial charge in [-0.05, 0) is 38.3 Å². The lowest BCUT2D eigenvalue weighted by atomic mass is 10.1. The Kier molecular flexibility index (Phi) is 3.39. The van der Waals surface area contributed by atoms with Gasteiger partial charge in [-0.2, -0.15) is 0 Å². The van der Waals surface area contributed by atoms with Crippen LogP contribution in [0.25, 0.3) is 0 Å². The SMILES string of the molecule is Cc1cccc(NC(=O)N2CCCCC2)n1. The molecule has 1 aliphatic heterocycles. The molecule has 4 nitrogen and oxygen atoms in total. The number of pyridine rings is 1. The van der Waals surface area contributed by atoms with E-state index in [1.165, 1.54) is 6.42 Å². The van der Waals surface area contributed by atoms with Crippen molar-refractivity contribution in [2.45, 2.75) is 26.2 Å². The zero-order valence-electron chi connectivity index (χ0n) is 9.57. The Labute approximate surface area is 95.7 Å². The molecule has 1 fully saturated rings. The number of hydrogen-bond donors (Lipinski definition) is 1. The fourth-order valence-electron chi connectivity index (χ4n) is 1.90. The number of carbonyl (C=O) groups excluding carboxylic acids is 1. The number of piperidine rings is 1. The molecule has 1 N–H and O–H groups in total. The van der Waals surface area contributed by atoms with Gasteiger partial charge in [-0.3, -0.25) is 5.32 Å². The minimum absolute atomic E-state index is 0.0298. The Bertz CT molecular complexity index is 372. The van der Waals surface area contributed by atoms with Crippen LogP contribution in [-0.4, -0.2) is 29.0 Å². The summed E-state index contributed by atoms with van der Waals surface area (Å²) in [5, 5.41) is 2.83. The summed E-state index contributed by atoms with van der Waals surface area (Å²) in [7, 11) is 0. The number of nitrogens with zero attached hydrogens (tertiary/aromatic N) is 2. The highest BCUT2D eigenvalue weighted by Crippen LogP contribution is 2.11. The molecule has 2 amide bonds. The van der Waals surface area contributed by atoms with Crippen LogP contribution in [0, 0.1) is 6.92 Å². The van der Waals surface area contributed by atoms with Gasteiger partial charge in [-0.15, -0.1) is 0 Å². The molecule has 86 valence electrons. The minimum atomic E-state index is -0.0298. The van der Waals surface area contributed by atoms with Gasteiger partial charge in [-0.25, -0.2) is 9.78 Å². The average molecular weight is 219 g/mol. The fourth-order valence-corrected chi connectivity index (χ4v) is 1.90. The van der Waals surface area contributed by atoms with Crippen molar-refractivity contribution in [2.75, 3.05) is 18.4 Å². The minimum Gasteiger partial charge on any atom is -0.325 e. The van der Waals surface area contributed by atoms with Crippen molar-refractivity contribution in [2.24, 2.45) is 0 Å². The van der Waals surface area contributed by atoms with Gasteiger partial charge >= 0.3 is 6.03 Å². The first kappa shape index (κ1) is 10.9. The first-order valence-electron chi connectivity index (χ1n) is 5.75. The number of amides is 2. The lowest BCUT2D eigenvalue weighted by Gasteiger charge is -2.26. The third-order valence-corrected chi connectivity index (χ3v) is 2.77. The molecule has 4 heteroatoms. The maximum absolute atomic E-state index is 11.9. The standard InChI is InChI=1S/C12H17N3O/c1-10-6-5-7-11(13-10)14-12(16)15-8-3-2-4-9-15/h5-7H,2-4,8-9H2,1H3,(H,13,14,16). The molecular weight excluding hydrogens is 202 g/mol. The zero-order valence-corrected chi connectivity index (χ0v) is 9.57. The molecule has 2 rings (SSSR count). The molecule has 2 heterocycles. The van der Waals surface area contributed by atoms with Crippen LogP contribution in [0.4, 0.5) is 10.6 Å². The second-order valence-electron chi connectivity index (χ2n) is 4.14. The third kappa shape index (κ3) is 2.72. The van der Waals surface area contributed by atoms with Crippen LogP contribution >= 0.6 is 0 Å². The highest BCUT2D eigenvalue weighted by atomic mass is 16.2. The Hall–Kier alpha value is -1.58. The summed E-state index contributed by atoms with van der Waals surface area (Å²) in [4.78, 5) is 18.0. The Morgan fingerprint density at radius 2 is 2.06 bits per heavy atom. The molecular formula is C12H17N3O. The molecule has 0 aromatic carbocycles. The maximum atomic E-state index is 11.9. The third-order valence-electron chi connectivity index (χ3n) is 2.77. The summed E-state index contributed by atoms with van der Waals surface area (Å²) < 4.78 is 0. The Morgan fingerprint density at radius 3 is 2.75 bits per heavy atom. The highest BCUT2D eigenvalue weighted by Gasteiger charge is 2.16. The predicted octanol–water partition coefficient (Wildman–Crippen LogP) is 2.41. The van der Waals surface area contributed by atoms with Crippen molar-refractivity contribution < 1.29 is 4.79 Å². The smallest absolute Gasteiger partial charge is 0.323 e. The molecule has 0 spiro atoms. The second-order valence-corrected chi connectivity index (χ2v) is 4.14. The molecule has 0 radical (unpaired) electrons. The monoisotopic (exact) mass is 219 g/mol. The number of aromatic nitrogens is 1. The number of aryl methyl sites for hydroxylation is 1. The van der Waals surface area contributed by atoms with Gasteiger partial charge in [0.25, 0.3) is 0 Å². The molecule has 16 heavy (non-hydrogen) atoms. The summed E-state index contributed by atoms with van der Waals surface area (Å²) in [6.07, 6.45) is 3.44. The first-order chi connectivity index (χ1) is 7.75. The molecule has 0 atom stereocenters. The number of likely N-dealkylation sites (tertiary alicyclic amines) is 1. The molecule has 0 unspecified atom stereocenters. The summed E-state index contributed by atoms with van der Waals surface area (Å²) >= 11 is 0. The lowest BCUT2D eigenvalue weighted by molar-refractivity contribution is 0.200. The number of urea groups is 1. The number of rotatable bonds is 1. The highest BCUT2D eigenvalue weighted by molar-refractivity contribution is 5.88. The van der Waals surface area contributed by atoms with E-state index in [2.05, 4.69) is 10.3 Å². The van der Waals surface area contributed by atoms with Crippen molar-refractivity contribution in [3.63, 3.8) is 0 Å². The van der Waals surface area contributed by atoms with E-state index in [9.17, 15) is 4.79 Å². The molecule has 0 bridgehead atoms. The summed E-state index contributed by atoms with van der Waals surface area (Å²) in [5.74, 6) is 0.635. The van der Waals surface area contributed by atoms with E-state index >= 15 is 0 Å². The normalized spacial score (nSPS) is 15.9. The van der Waals surface area contributed by atoms with Crippen LogP contribution in [0.2, 0.25) is 0 Å². The number of anilines is 1. The van der Waals surface area contributed by atoms with E-state index < -0.39 is 0 Å². The van der Waals surface area contributed by atoms with Crippen LogP contribution in [0.3, 0.4) is 0 Å². The van der Waals surface area contributed by atoms with E-state index in [1.807, 2.05) is 30.0 Å². The van der Waals surface area contributed by atoms with Crippen LogP contribution in [0.5, 0.6) is 0 Å². The van der Waals surface area contributed by atoms with Gasteiger partial charge in [0, 0.05) is 18.8 Å². The van der Waals surface area contributed by atoms with Gasteiger partial charge in [0.2, 0.25) is 0 Å². The van der Waals surface area contributed by atoms with Gasteiger partial charge in [0.05, 0.1) is 0 Å². The molecule has 1 aromatic rings. The molecule has 0 saturated carbocycles. The van der Waals surface area contributed by atoms with E-state index in [4.69, 9.17) is 0 Å². The predicted molar refractivity (Wildman–Crippen MR) is 63.4 cm³/mol. The largest absolute Gasteiger partial charge is 0.325 e. The first-order valence-corrected chi connectivity index (χ1v) is 5.75. The maximum Gasteiger partial charge on any atom is 0.323 e. The van der Waals surface area contributed by atoms with Gasteiger partial charge in [0.1, 0.15) is 5.82 Å². The van der Waals surface area contributed by atoms with Crippen molar-refractivity contribution in [3.05, 3.63) is 23.9 Å². The van der Waals surface area contributed by atoms with Crippen LogP contribution < -0.4 is 5.32 Å². The fraction of sp³-hybridized carbons (Fsp3) is 0.500. The quantitative estimate of drug-likeness (QED) is 0.788. The van der Waals surface area contributed by atoms with Crippen molar-refractivity contribution in [1.82, 2.24) is 9.88 Å². The van der Waals surface area contributed by atoms with Crippen LogP contribution in [-0.2, 0) is 0 Å². The number of carbonyl (C=O) groups is 1. The number of hydrogen-bond acceptors (Lipinski definition) is 2.